The van der Waals surface area contributed by atoms with Crippen LogP contribution in [0.5, 0.6) is 0 Å². The fourth-order valence-corrected chi connectivity index (χ4v) is 3.61. The highest BCUT2D eigenvalue weighted by molar-refractivity contribution is 6.58. The number of methoxy groups -OCH3 is 1. The van der Waals surface area contributed by atoms with Crippen LogP contribution in [-0.2, 0) is 30.3 Å². The summed E-state index contributed by atoms with van der Waals surface area (Å²) < 4.78 is 16.3. The quantitative estimate of drug-likeness (QED) is 0.200. The molecule has 8 nitrogen and oxygen atoms in total. The van der Waals surface area contributed by atoms with Crippen LogP contribution in [0.1, 0.15) is 39.7 Å². The maximum atomic E-state index is 12.7. The predicted octanol–water partition coefficient (Wildman–Crippen LogP) is 1.12. The van der Waals surface area contributed by atoms with E-state index in [-0.39, 0.29) is 25.2 Å². The lowest BCUT2D eigenvalue weighted by Crippen LogP contribution is -2.43. The molecular formula is C23H39BNO7+. The van der Waals surface area contributed by atoms with Crippen molar-refractivity contribution in [2.45, 2.75) is 40.7 Å². The highest BCUT2D eigenvalue weighted by Crippen LogP contribution is 2.35. The topological polar surface area (TPSA) is 102 Å². The van der Waals surface area contributed by atoms with Crippen molar-refractivity contribution in [1.82, 2.24) is 0 Å². The van der Waals surface area contributed by atoms with Gasteiger partial charge in [0.05, 0.1) is 31.5 Å². The van der Waals surface area contributed by atoms with Crippen LogP contribution in [0.15, 0.2) is 24.3 Å². The summed E-state index contributed by atoms with van der Waals surface area (Å²) in [6.45, 7) is 9.14. The smallest absolute Gasteiger partial charge is 0.463 e. The number of ether oxygens (including phenoxy) is 3. The summed E-state index contributed by atoms with van der Waals surface area (Å²) in [5, 5.41) is 18.4. The van der Waals surface area contributed by atoms with Gasteiger partial charge in [-0.15, -0.1) is 0 Å². The molecule has 0 bridgehead atoms. The van der Waals surface area contributed by atoms with Gasteiger partial charge >= 0.3 is 19.1 Å². The summed E-state index contributed by atoms with van der Waals surface area (Å²) in [7, 11) is 4.13. The molecule has 0 heterocycles. The Labute approximate surface area is 192 Å². The lowest BCUT2D eigenvalue weighted by Gasteiger charge is -2.33. The van der Waals surface area contributed by atoms with E-state index in [2.05, 4.69) is 0 Å². The molecule has 0 aliphatic carbocycles. The zero-order valence-corrected chi connectivity index (χ0v) is 20.5. The van der Waals surface area contributed by atoms with Crippen LogP contribution in [0.4, 0.5) is 0 Å². The van der Waals surface area contributed by atoms with Crippen molar-refractivity contribution in [3.8, 4) is 0 Å². The molecule has 2 N–H and O–H groups in total. The van der Waals surface area contributed by atoms with E-state index in [9.17, 15) is 19.6 Å². The Morgan fingerprint density at radius 3 is 1.88 bits per heavy atom. The summed E-state index contributed by atoms with van der Waals surface area (Å²) in [4.78, 5) is 25.1. The molecule has 0 saturated carbocycles. The van der Waals surface area contributed by atoms with Gasteiger partial charge in [-0.3, -0.25) is 9.59 Å². The molecule has 32 heavy (non-hydrogen) atoms. The largest absolute Gasteiger partial charge is 0.488 e. The van der Waals surface area contributed by atoms with E-state index in [1.807, 2.05) is 26.2 Å². The molecule has 0 fully saturated rings. The van der Waals surface area contributed by atoms with Crippen LogP contribution < -0.4 is 5.46 Å². The van der Waals surface area contributed by atoms with Gasteiger partial charge in [-0.2, -0.15) is 0 Å². The van der Waals surface area contributed by atoms with E-state index in [1.54, 1.807) is 39.8 Å². The number of hydrogen-bond acceptors (Lipinski definition) is 7. The molecule has 0 unspecified atom stereocenters. The molecule has 0 aliphatic heterocycles. The summed E-state index contributed by atoms with van der Waals surface area (Å²) in [6, 6.07) is 7.09. The van der Waals surface area contributed by atoms with Gasteiger partial charge in [0.15, 0.2) is 0 Å². The SMILES string of the molecule is COCCOC(=O)C(C)(C)CC(C)(C)C(=O)OCC[N+](C)(C)Cc1ccc(B(O)O)cc1. The van der Waals surface area contributed by atoms with Crippen molar-refractivity contribution in [2.24, 2.45) is 10.8 Å². The predicted molar refractivity (Wildman–Crippen MR) is 123 cm³/mol. The zero-order valence-electron chi connectivity index (χ0n) is 20.5. The fourth-order valence-electron chi connectivity index (χ4n) is 3.61. The molecule has 180 valence electrons. The molecule has 1 aromatic rings. The van der Waals surface area contributed by atoms with Crippen molar-refractivity contribution in [1.29, 1.82) is 0 Å². The summed E-state index contributed by atoms with van der Waals surface area (Å²) >= 11 is 0. The van der Waals surface area contributed by atoms with Crippen molar-refractivity contribution >= 4 is 24.5 Å². The molecule has 1 rings (SSSR count). The van der Waals surface area contributed by atoms with Gasteiger partial charge in [-0.25, -0.2) is 0 Å². The molecule has 0 atom stereocenters. The third-order valence-corrected chi connectivity index (χ3v) is 5.33. The Morgan fingerprint density at radius 2 is 1.41 bits per heavy atom. The van der Waals surface area contributed by atoms with Gasteiger partial charge in [0.1, 0.15) is 26.3 Å². The van der Waals surface area contributed by atoms with Crippen LogP contribution in [-0.4, -0.2) is 81.2 Å². The lowest BCUT2D eigenvalue weighted by atomic mass is 9.75. The molecule has 1 aromatic carbocycles. The molecular weight excluding hydrogens is 413 g/mol. The average molecular weight is 452 g/mol. The number of benzene rings is 1. The summed E-state index contributed by atoms with van der Waals surface area (Å²) in [5.74, 6) is -0.718. The maximum absolute atomic E-state index is 12.7. The van der Waals surface area contributed by atoms with Gasteiger partial charge in [-0.05, 0) is 39.6 Å². The third kappa shape index (κ3) is 9.28. The molecule has 0 saturated heterocycles. The van der Waals surface area contributed by atoms with Crippen LogP contribution in [0.2, 0.25) is 0 Å². The second kappa shape index (κ2) is 11.8. The summed E-state index contributed by atoms with van der Waals surface area (Å²) in [6.07, 6.45) is 0.298. The van der Waals surface area contributed by atoms with Crippen LogP contribution in [0.25, 0.3) is 0 Å². The second-order valence-corrected chi connectivity index (χ2v) is 10.1. The van der Waals surface area contributed by atoms with Crippen molar-refractivity contribution < 1.29 is 38.3 Å². The maximum Gasteiger partial charge on any atom is 0.488 e. The standard InChI is InChI=1S/C23H39BNO7/c1-22(2,17-23(3,4)21(27)32-15-14-30-7)20(26)31-13-12-25(5,6)16-18-8-10-19(11-9-18)24(28)29/h8-11,28-29H,12-17H2,1-7H3/q+1. The van der Waals surface area contributed by atoms with E-state index >= 15 is 0 Å². The van der Waals surface area contributed by atoms with Crippen molar-refractivity contribution in [2.75, 3.05) is 47.6 Å². The normalized spacial score (nSPS) is 12.4. The van der Waals surface area contributed by atoms with Gasteiger partial charge in [-0.1, -0.05) is 24.3 Å². The third-order valence-electron chi connectivity index (χ3n) is 5.33. The summed E-state index contributed by atoms with van der Waals surface area (Å²) in [5.41, 5.74) is -0.192. The van der Waals surface area contributed by atoms with Crippen LogP contribution in [0.3, 0.4) is 0 Å². The fraction of sp³-hybridized carbons (Fsp3) is 0.652. The van der Waals surface area contributed by atoms with Crippen LogP contribution in [0, 0.1) is 10.8 Å². The van der Waals surface area contributed by atoms with E-state index in [4.69, 9.17) is 14.2 Å². The minimum absolute atomic E-state index is 0.181. The minimum atomic E-state index is -1.48. The first-order valence-corrected chi connectivity index (χ1v) is 10.8. The molecule has 9 heteroatoms. The Hall–Kier alpha value is -1.94. The average Bonchev–Trinajstić information content (AvgIpc) is 2.67. The Balaban J connectivity index is 2.57. The molecule has 0 spiro atoms. The first kappa shape index (κ1) is 28.1. The second-order valence-electron chi connectivity index (χ2n) is 10.1. The molecule has 0 amide bonds. The van der Waals surface area contributed by atoms with Crippen LogP contribution >= 0.6 is 0 Å². The van der Waals surface area contributed by atoms with Gasteiger partial charge < -0.3 is 28.7 Å². The number of rotatable bonds is 13. The minimum Gasteiger partial charge on any atom is -0.463 e. The van der Waals surface area contributed by atoms with E-state index in [1.165, 1.54) is 7.11 Å². The van der Waals surface area contributed by atoms with E-state index in [0.717, 1.165) is 5.56 Å². The number of carbonyl (C=O) groups excluding carboxylic acids is 2. The van der Waals surface area contributed by atoms with Crippen molar-refractivity contribution in [3.63, 3.8) is 0 Å². The number of likely N-dealkylation sites (N-methyl/N-ethyl adjacent to an activating group) is 1. The lowest BCUT2D eigenvalue weighted by molar-refractivity contribution is -0.903. The van der Waals surface area contributed by atoms with Gasteiger partial charge in [0, 0.05) is 12.7 Å². The van der Waals surface area contributed by atoms with Gasteiger partial charge in [0.2, 0.25) is 0 Å². The number of esters is 2. The Bertz CT molecular complexity index is 745. The number of nitrogens with zero attached hydrogens (tertiary/aromatic N) is 1. The first-order valence-electron chi connectivity index (χ1n) is 10.8. The Kier molecular flexibility index (Phi) is 10.4. The highest BCUT2D eigenvalue weighted by Gasteiger charge is 2.41. The van der Waals surface area contributed by atoms with E-state index < -0.39 is 17.9 Å². The number of carbonyl (C=O) groups is 2. The van der Waals surface area contributed by atoms with E-state index in [0.29, 0.717) is 36.1 Å². The molecule has 0 aliphatic rings. The Morgan fingerprint density at radius 1 is 0.906 bits per heavy atom. The number of hydrogen-bond donors (Lipinski definition) is 2. The van der Waals surface area contributed by atoms with Crippen molar-refractivity contribution in [3.05, 3.63) is 29.8 Å². The number of quaternary nitrogens is 1. The monoisotopic (exact) mass is 452 g/mol. The zero-order chi connectivity index (χ0) is 24.6. The van der Waals surface area contributed by atoms with Gasteiger partial charge in [0.25, 0.3) is 0 Å². The highest BCUT2D eigenvalue weighted by atomic mass is 16.6. The molecule has 0 aromatic heterocycles. The molecule has 0 radical (unpaired) electrons. The first-order chi connectivity index (χ1) is 14.7.